The molecule has 4 rings (SSSR count). The fourth-order valence-corrected chi connectivity index (χ4v) is 3.98. The van der Waals surface area contributed by atoms with Crippen molar-refractivity contribution in [3.8, 4) is 28.6 Å². The van der Waals surface area contributed by atoms with Gasteiger partial charge in [0.05, 0.1) is 32.6 Å². The summed E-state index contributed by atoms with van der Waals surface area (Å²) < 4.78 is 57.9. The molecule has 2 aromatic heterocycles. The molecule has 2 heterocycles. The maximum Gasteiger partial charge on any atom is 0.416 e. The number of benzene rings is 2. The van der Waals surface area contributed by atoms with Crippen molar-refractivity contribution >= 4 is 22.5 Å². The molecule has 0 unspecified atom stereocenters. The van der Waals surface area contributed by atoms with Crippen molar-refractivity contribution in [2.24, 2.45) is 7.05 Å². The molecule has 0 aliphatic carbocycles. The highest BCUT2D eigenvalue weighted by atomic mass is 19.4. The molecule has 0 aliphatic heterocycles. The predicted octanol–water partition coefficient (Wildman–Crippen LogP) is 5.77. The molecule has 0 fully saturated rings. The van der Waals surface area contributed by atoms with E-state index in [-0.39, 0.29) is 5.69 Å². The van der Waals surface area contributed by atoms with Crippen molar-refractivity contribution in [1.82, 2.24) is 19.7 Å². The number of nitrogens with one attached hydrogen (secondary N) is 1. The molecular formula is C25H26F3N5O3. The molecule has 1 N–H and O–H groups in total. The van der Waals surface area contributed by atoms with E-state index in [0.717, 1.165) is 24.2 Å². The maximum atomic E-state index is 13.3. The zero-order chi connectivity index (χ0) is 26.0. The van der Waals surface area contributed by atoms with Gasteiger partial charge in [-0.1, -0.05) is 19.4 Å². The van der Waals surface area contributed by atoms with Crippen LogP contribution < -0.4 is 19.5 Å². The Morgan fingerprint density at radius 2 is 1.67 bits per heavy atom. The predicted molar refractivity (Wildman–Crippen MR) is 130 cm³/mol. The van der Waals surface area contributed by atoms with Gasteiger partial charge in [-0.3, -0.25) is 4.68 Å². The largest absolute Gasteiger partial charge is 0.493 e. The average Bonchev–Trinajstić information content (AvgIpc) is 3.18. The lowest BCUT2D eigenvalue weighted by Gasteiger charge is -2.15. The summed E-state index contributed by atoms with van der Waals surface area (Å²) in [5.41, 5.74) is 1.99. The minimum absolute atomic E-state index is 0.235. The van der Waals surface area contributed by atoms with Crippen LogP contribution in [0.25, 0.3) is 22.4 Å². The number of hydrogen-bond acceptors (Lipinski definition) is 7. The molecule has 11 heteroatoms. The molecule has 0 bridgehead atoms. The summed E-state index contributed by atoms with van der Waals surface area (Å²) >= 11 is 0. The van der Waals surface area contributed by atoms with Gasteiger partial charge < -0.3 is 19.5 Å². The first-order valence-electron chi connectivity index (χ1n) is 11.2. The van der Waals surface area contributed by atoms with Gasteiger partial charge in [0.15, 0.2) is 23.1 Å². The number of anilines is 2. The summed E-state index contributed by atoms with van der Waals surface area (Å²) in [6.45, 7) is 2.03. The Balaban J connectivity index is 1.93. The number of alkyl halides is 3. The second-order valence-corrected chi connectivity index (χ2v) is 8.03. The van der Waals surface area contributed by atoms with Gasteiger partial charge in [-0.05, 0) is 36.8 Å². The molecule has 0 amide bonds. The van der Waals surface area contributed by atoms with E-state index >= 15 is 0 Å². The first-order valence-corrected chi connectivity index (χ1v) is 11.2. The lowest BCUT2D eigenvalue weighted by molar-refractivity contribution is -0.137. The van der Waals surface area contributed by atoms with E-state index in [1.54, 1.807) is 29.9 Å². The fourth-order valence-electron chi connectivity index (χ4n) is 3.98. The summed E-state index contributed by atoms with van der Waals surface area (Å²) in [7, 11) is 6.27. The molecule has 190 valence electrons. The van der Waals surface area contributed by atoms with Crippen molar-refractivity contribution in [3.05, 3.63) is 47.7 Å². The van der Waals surface area contributed by atoms with E-state index < -0.39 is 11.7 Å². The Labute approximate surface area is 206 Å². The third kappa shape index (κ3) is 4.73. The highest BCUT2D eigenvalue weighted by molar-refractivity contribution is 5.91. The van der Waals surface area contributed by atoms with Crippen LogP contribution in [0.1, 0.15) is 24.6 Å². The lowest BCUT2D eigenvalue weighted by Crippen LogP contribution is -2.06. The standard InChI is InChI=1S/C25H26F3N5O3/c1-6-8-17-20-21(33(2)32-17)24(29-16-10-7-9-15(13-16)25(26,27)28)31-23(30-20)14-11-18(34-3)22(36-5)19(12-14)35-4/h7,9-13H,6,8H2,1-5H3,(H,29,30,31). The molecule has 2 aromatic carbocycles. The average molecular weight is 502 g/mol. The van der Waals surface area contributed by atoms with E-state index in [1.165, 1.54) is 27.4 Å². The summed E-state index contributed by atoms with van der Waals surface area (Å²) in [6, 6.07) is 8.38. The Morgan fingerprint density at radius 3 is 2.25 bits per heavy atom. The van der Waals surface area contributed by atoms with Crippen molar-refractivity contribution < 1.29 is 27.4 Å². The van der Waals surface area contributed by atoms with Gasteiger partial charge in [0.1, 0.15) is 11.0 Å². The third-order valence-electron chi connectivity index (χ3n) is 5.61. The van der Waals surface area contributed by atoms with Gasteiger partial charge in [-0.25, -0.2) is 9.97 Å². The molecule has 0 saturated carbocycles. The Kier molecular flexibility index (Phi) is 6.91. The van der Waals surface area contributed by atoms with Crippen LogP contribution in [0.3, 0.4) is 0 Å². The van der Waals surface area contributed by atoms with Crippen molar-refractivity contribution in [2.75, 3.05) is 26.6 Å². The number of fused-ring (bicyclic) bond motifs is 1. The number of nitrogens with zero attached hydrogens (tertiary/aromatic N) is 4. The molecule has 0 atom stereocenters. The second-order valence-electron chi connectivity index (χ2n) is 8.03. The highest BCUT2D eigenvalue weighted by Crippen LogP contribution is 2.41. The number of hydrogen-bond donors (Lipinski definition) is 1. The van der Waals surface area contributed by atoms with Gasteiger partial charge in [0.2, 0.25) is 5.75 Å². The van der Waals surface area contributed by atoms with E-state index in [4.69, 9.17) is 19.2 Å². The van der Waals surface area contributed by atoms with E-state index in [0.29, 0.717) is 51.9 Å². The monoisotopic (exact) mass is 501 g/mol. The van der Waals surface area contributed by atoms with E-state index in [2.05, 4.69) is 15.4 Å². The molecule has 8 nitrogen and oxygen atoms in total. The second kappa shape index (κ2) is 9.92. The van der Waals surface area contributed by atoms with Crippen molar-refractivity contribution in [2.45, 2.75) is 25.9 Å². The minimum atomic E-state index is -4.47. The first kappa shape index (κ1) is 25.1. The summed E-state index contributed by atoms with van der Waals surface area (Å²) in [5.74, 6) is 1.90. The third-order valence-corrected chi connectivity index (χ3v) is 5.61. The zero-order valence-electron chi connectivity index (χ0n) is 20.5. The Hall–Kier alpha value is -4.02. The van der Waals surface area contributed by atoms with Crippen LogP contribution in [0, 0.1) is 0 Å². The SMILES string of the molecule is CCCc1nn(C)c2c(Nc3cccc(C(F)(F)F)c3)nc(-c3cc(OC)c(OC)c(OC)c3)nc12. The van der Waals surface area contributed by atoms with Crippen LogP contribution in [-0.4, -0.2) is 41.1 Å². The first-order chi connectivity index (χ1) is 17.2. The van der Waals surface area contributed by atoms with Gasteiger partial charge in [-0.15, -0.1) is 0 Å². The Morgan fingerprint density at radius 1 is 0.972 bits per heavy atom. The smallest absolute Gasteiger partial charge is 0.416 e. The fraction of sp³-hybridized carbons (Fsp3) is 0.320. The topological polar surface area (TPSA) is 83.3 Å². The lowest BCUT2D eigenvalue weighted by atomic mass is 10.1. The van der Waals surface area contributed by atoms with Crippen LogP contribution >= 0.6 is 0 Å². The van der Waals surface area contributed by atoms with E-state index in [1.807, 2.05) is 6.92 Å². The number of ether oxygens (including phenoxy) is 3. The summed E-state index contributed by atoms with van der Waals surface area (Å²) in [5, 5.41) is 7.64. The molecule has 4 aromatic rings. The number of aryl methyl sites for hydroxylation is 2. The summed E-state index contributed by atoms with van der Waals surface area (Å²) in [4.78, 5) is 9.47. The molecule has 0 radical (unpaired) electrons. The van der Waals surface area contributed by atoms with Crippen LogP contribution in [0.4, 0.5) is 24.7 Å². The van der Waals surface area contributed by atoms with Gasteiger partial charge in [0, 0.05) is 18.3 Å². The number of halogens is 3. The quantitative estimate of drug-likeness (QED) is 0.328. The molecule has 36 heavy (non-hydrogen) atoms. The van der Waals surface area contributed by atoms with Gasteiger partial charge in [-0.2, -0.15) is 18.3 Å². The summed E-state index contributed by atoms with van der Waals surface area (Å²) in [6.07, 6.45) is -2.96. The zero-order valence-corrected chi connectivity index (χ0v) is 20.5. The highest BCUT2D eigenvalue weighted by Gasteiger charge is 2.30. The van der Waals surface area contributed by atoms with E-state index in [9.17, 15) is 13.2 Å². The molecule has 0 spiro atoms. The van der Waals surface area contributed by atoms with Crippen molar-refractivity contribution in [3.63, 3.8) is 0 Å². The van der Waals surface area contributed by atoms with Crippen molar-refractivity contribution in [1.29, 1.82) is 0 Å². The number of aromatic nitrogens is 4. The number of methoxy groups -OCH3 is 3. The minimum Gasteiger partial charge on any atom is -0.493 e. The van der Waals surface area contributed by atoms with Crippen LogP contribution in [0.5, 0.6) is 17.2 Å². The maximum absolute atomic E-state index is 13.3. The van der Waals surface area contributed by atoms with Crippen LogP contribution in [-0.2, 0) is 19.6 Å². The molecule has 0 aliphatic rings. The van der Waals surface area contributed by atoms with Crippen LogP contribution in [0.2, 0.25) is 0 Å². The Bertz CT molecular complexity index is 1380. The molecular weight excluding hydrogens is 475 g/mol. The number of rotatable bonds is 8. The van der Waals surface area contributed by atoms with Gasteiger partial charge >= 0.3 is 6.18 Å². The normalized spacial score (nSPS) is 11.6. The van der Waals surface area contributed by atoms with Crippen LogP contribution in [0.15, 0.2) is 36.4 Å². The van der Waals surface area contributed by atoms with Gasteiger partial charge in [0.25, 0.3) is 0 Å². The molecule has 0 saturated heterocycles.